The number of hydrogen-bond donors (Lipinski definition) is 0. The van der Waals surface area contributed by atoms with Crippen LogP contribution in [0.5, 0.6) is 0 Å². The molecule has 27 heavy (non-hydrogen) atoms. The van der Waals surface area contributed by atoms with Crippen molar-refractivity contribution in [1.82, 2.24) is 14.9 Å². The number of aromatic nitrogens is 2. The van der Waals surface area contributed by atoms with Gasteiger partial charge >= 0.3 is 0 Å². The molecule has 0 saturated carbocycles. The minimum atomic E-state index is -0.315. The highest BCUT2D eigenvalue weighted by Crippen LogP contribution is 2.30. The van der Waals surface area contributed by atoms with E-state index in [1.54, 1.807) is 42.7 Å². The van der Waals surface area contributed by atoms with Gasteiger partial charge in [-0.1, -0.05) is 12.1 Å². The first-order valence-corrected chi connectivity index (χ1v) is 8.46. The molecular weight excluding hydrogens is 342 g/mol. The molecule has 4 aromatic rings. The Bertz CT molecular complexity index is 1160. The first kappa shape index (κ1) is 15.5. The molecule has 6 heteroatoms. The number of rotatable bonds is 3. The normalized spacial score (nSPS) is 13.4. The second-order valence-corrected chi connectivity index (χ2v) is 6.30. The molecule has 0 N–H and O–H groups in total. The SMILES string of the molecule is O=C1c2ccc(-c3nc4ccccc4o3)cc2C(=O)N1Cc1ccncc1. The quantitative estimate of drug-likeness (QED) is 0.524. The zero-order valence-corrected chi connectivity index (χ0v) is 14.1. The summed E-state index contributed by atoms with van der Waals surface area (Å²) in [7, 11) is 0. The molecule has 0 saturated heterocycles. The zero-order valence-electron chi connectivity index (χ0n) is 14.1. The monoisotopic (exact) mass is 355 g/mol. The minimum Gasteiger partial charge on any atom is -0.436 e. The lowest BCUT2D eigenvalue weighted by Gasteiger charge is -2.13. The van der Waals surface area contributed by atoms with E-state index in [9.17, 15) is 9.59 Å². The summed E-state index contributed by atoms with van der Waals surface area (Å²) in [5, 5.41) is 0. The molecule has 1 aliphatic heterocycles. The van der Waals surface area contributed by atoms with E-state index in [0.717, 1.165) is 11.1 Å². The van der Waals surface area contributed by atoms with E-state index in [1.807, 2.05) is 24.3 Å². The lowest BCUT2D eigenvalue weighted by atomic mass is 10.1. The van der Waals surface area contributed by atoms with Crippen molar-refractivity contribution in [2.75, 3.05) is 0 Å². The van der Waals surface area contributed by atoms with Gasteiger partial charge in [0.2, 0.25) is 5.89 Å². The number of para-hydroxylation sites is 2. The molecule has 0 aliphatic carbocycles. The van der Waals surface area contributed by atoms with Crippen molar-refractivity contribution < 1.29 is 14.0 Å². The van der Waals surface area contributed by atoms with Gasteiger partial charge in [-0.15, -0.1) is 0 Å². The van der Waals surface area contributed by atoms with Gasteiger partial charge in [-0.2, -0.15) is 0 Å². The number of nitrogens with zero attached hydrogens (tertiary/aromatic N) is 3. The zero-order chi connectivity index (χ0) is 18.4. The van der Waals surface area contributed by atoms with Crippen molar-refractivity contribution in [2.45, 2.75) is 6.54 Å². The Balaban J connectivity index is 1.51. The predicted molar refractivity (Wildman–Crippen MR) is 97.9 cm³/mol. The van der Waals surface area contributed by atoms with Gasteiger partial charge in [0.15, 0.2) is 5.58 Å². The summed E-state index contributed by atoms with van der Waals surface area (Å²) >= 11 is 0. The van der Waals surface area contributed by atoms with E-state index in [2.05, 4.69) is 9.97 Å². The van der Waals surface area contributed by atoms with Crippen LogP contribution in [0.3, 0.4) is 0 Å². The largest absolute Gasteiger partial charge is 0.436 e. The number of pyridine rings is 1. The summed E-state index contributed by atoms with van der Waals surface area (Å²) in [5.74, 6) is -0.187. The number of carbonyl (C=O) groups is 2. The number of amides is 2. The smallest absolute Gasteiger partial charge is 0.261 e. The summed E-state index contributed by atoms with van der Waals surface area (Å²) in [5.41, 5.74) is 3.70. The third kappa shape index (κ3) is 2.50. The topological polar surface area (TPSA) is 76.3 Å². The highest BCUT2D eigenvalue weighted by atomic mass is 16.3. The van der Waals surface area contributed by atoms with Crippen molar-refractivity contribution in [3.8, 4) is 11.5 Å². The first-order chi connectivity index (χ1) is 13.2. The van der Waals surface area contributed by atoms with Gasteiger partial charge in [0, 0.05) is 18.0 Å². The Hall–Kier alpha value is -3.80. The van der Waals surface area contributed by atoms with Crippen molar-refractivity contribution in [2.24, 2.45) is 0 Å². The van der Waals surface area contributed by atoms with Crippen molar-refractivity contribution >= 4 is 22.9 Å². The van der Waals surface area contributed by atoms with Crippen molar-refractivity contribution in [1.29, 1.82) is 0 Å². The van der Waals surface area contributed by atoms with Gasteiger partial charge in [-0.3, -0.25) is 19.5 Å². The van der Waals surface area contributed by atoms with Gasteiger partial charge in [-0.05, 0) is 48.0 Å². The molecule has 0 atom stereocenters. The average molecular weight is 355 g/mol. The van der Waals surface area contributed by atoms with Crippen LogP contribution in [-0.4, -0.2) is 26.7 Å². The molecule has 0 bridgehead atoms. The van der Waals surface area contributed by atoms with Crippen LogP contribution in [0.1, 0.15) is 26.3 Å². The Morgan fingerprint density at radius 3 is 2.48 bits per heavy atom. The Labute approximate surface area is 154 Å². The predicted octanol–water partition coefficient (Wildman–Crippen LogP) is 3.69. The Morgan fingerprint density at radius 2 is 1.67 bits per heavy atom. The summed E-state index contributed by atoms with van der Waals surface area (Å²) < 4.78 is 5.77. The third-order valence-electron chi connectivity index (χ3n) is 4.60. The fourth-order valence-corrected chi connectivity index (χ4v) is 3.23. The summed E-state index contributed by atoms with van der Waals surface area (Å²) in [6.45, 7) is 0.215. The van der Waals surface area contributed by atoms with E-state index in [1.165, 1.54) is 4.90 Å². The second kappa shape index (κ2) is 5.88. The molecule has 2 aromatic heterocycles. The lowest BCUT2D eigenvalue weighted by Crippen LogP contribution is -2.29. The number of fused-ring (bicyclic) bond motifs is 2. The van der Waals surface area contributed by atoms with Crippen LogP contribution in [0.15, 0.2) is 71.4 Å². The van der Waals surface area contributed by atoms with Crippen LogP contribution < -0.4 is 0 Å². The van der Waals surface area contributed by atoms with Crippen molar-refractivity contribution in [3.63, 3.8) is 0 Å². The molecule has 0 radical (unpaired) electrons. The molecule has 0 unspecified atom stereocenters. The van der Waals surface area contributed by atoms with Gasteiger partial charge < -0.3 is 4.42 Å². The highest BCUT2D eigenvalue weighted by molar-refractivity contribution is 6.21. The molecule has 6 nitrogen and oxygen atoms in total. The van der Waals surface area contributed by atoms with E-state index in [0.29, 0.717) is 28.2 Å². The van der Waals surface area contributed by atoms with Gasteiger partial charge in [0.1, 0.15) is 5.52 Å². The molecule has 0 fully saturated rings. The lowest BCUT2D eigenvalue weighted by molar-refractivity contribution is 0.0642. The third-order valence-corrected chi connectivity index (χ3v) is 4.60. The van der Waals surface area contributed by atoms with Crippen LogP contribution in [0, 0.1) is 0 Å². The maximum atomic E-state index is 12.8. The van der Waals surface area contributed by atoms with Crippen LogP contribution in [-0.2, 0) is 6.54 Å². The van der Waals surface area contributed by atoms with Crippen LogP contribution in [0.25, 0.3) is 22.6 Å². The molecule has 2 amide bonds. The number of imide groups is 1. The van der Waals surface area contributed by atoms with Gasteiger partial charge in [0.05, 0.1) is 17.7 Å². The molecule has 2 aromatic carbocycles. The standard InChI is InChI=1S/C21H13N3O3/c25-20-15-6-5-14(19-23-17-3-1-2-4-18(17)27-19)11-16(15)21(26)24(20)12-13-7-9-22-10-8-13/h1-11H,12H2. The number of benzene rings is 2. The molecule has 5 rings (SSSR count). The molecule has 130 valence electrons. The number of oxazole rings is 1. The minimum absolute atomic E-state index is 0.215. The van der Waals surface area contributed by atoms with Gasteiger partial charge in [0.25, 0.3) is 11.8 Å². The van der Waals surface area contributed by atoms with E-state index in [-0.39, 0.29) is 18.4 Å². The van der Waals surface area contributed by atoms with E-state index < -0.39 is 0 Å². The van der Waals surface area contributed by atoms with Crippen LogP contribution in [0.4, 0.5) is 0 Å². The first-order valence-electron chi connectivity index (χ1n) is 8.46. The molecule has 3 heterocycles. The summed E-state index contributed by atoms with van der Waals surface area (Å²) in [4.78, 5) is 35.1. The van der Waals surface area contributed by atoms with E-state index in [4.69, 9.17) is 4.42 Å². The highest BCUT2D eigenvalue weighted by Gasteiger charge is 2.35. The molecule has 1 aliphatic rings. The number of carbonyl (C=O) groups excluding carboxylic acids is 2. The second-order valence-electron chi connectivity index (χ2n) is 6.30. The van der Waals surface area contributed by atoms with E-state index >= 15 is 0 Å². The molecular formula is C21H13N3O3. The average Bonchev–Trinajstić information content (AvgIpc) is 3.24. The Kier molecular flexibility index (Phi) is 3.36. The maximum absolute atomic E-state index is 12.8. The number of hydrogen-bond acceptors (Lipinski definition) is 5. The fraction of sp³-hybridized carbons (Fsp3) is 0.0476. The summed E-state index contributed by atoms with van der Waals surface area (Å²) in [6.07, 6.45) is 3.28. The fourth-order valence-electron chi connectivity index (χ4n) is 3.23. The summed E-state index contributed by atoms with van der Waals surface area (Å²) in [6, 6.07) is 16.1. The van der Waals surface area contributed by atoms with Gasteiger partial charge in [-0.25, -0.2) is 4.98 Å². The Morgan fingerprint density at radius 1 is 0.889 bits per heavy atom. The van der Waals surface area contributed by atoms with Crippen molar-refractivity contribution in [3.05, 3.63) is 83.7 Å². The van der Waals surface area contributed by atoms with Crippen LogP contribution >= 0.6 is 0 Å². The maximum Gasteiger partial charge on any atom is 0.261 e. The van der Waals surface area contributed by atoms with Crippen LogP contribution in [0.2, 0.25) is 0 Å². The molecule has 0 spiro atoms.